The zero-order chi connectivity index (χ0) is 16.5. The fourth-order valence-corrected chi connectivity index (χ4v) is 3.36. The van der Waals surface area contributed by atoms with E-state index in [4.69, 9.17) is 0 Å². The molecule has 1 N–H and O–H groups in total. The second kappa shape index (κ2) is 6.13. The maximum Gasteiger partial charge on any atom is 0.341 e. The first-order chi connectivity index (χ1) is 10.2. The van der Waals surface area contributed by atoms with Crippen molar-refractivity contribution in [2.45, 2.75) is 24.5 Å². The summed E-state index contributed by atoms with van der Waals surface area (Å²) in [5.74, 6) is -3.80. The molecule has 1 heterocycles. The molecule has 0 bridgehead atoms. The van der Waals surface area contributed by atoms with Crippen LogP contribution < -0.4 is 5.32 Å². The van der Waals surface area contributed by atoms with E-state index in [-0.39, 0.29) is 5.91 Å². The molecule has 0 unspecified atom stereocenters. The van der Waals surface area contributed by atoms with Gasteiger partial charge in [-0.3, -0.25) is 4.79 Å². The van der Waals surface area contributed by atoms with Crippen molar-refractivity contribution in [3.8, 4) is 0 Å². The summed E-state index contributed by atoms with van der Waals surface area (Å²) in [5.41, 5.74) is 1.34. The molecule has 1 amide bonds. The van der Waals surface area contributed by atoms with Crippen LogP contribution in [-0.2, 0) is 9.84 Å². The van der Waals surface area contributed by atoms with Crippen LogP contribution in [0.2, 0.25) is 0 Å². The molecular weight excluding hydrogens is 332 g/mol. The number of sulfone groups is 1. The van der Waals surface area contributed by atoms with Gasteiger partial charge < -0.3 is 5.32 Å². The van der Waals surface area contributed by atoms with Crippen LogP contribution in [0.25, 0.3) is 0 Å². The molecule has 0 spiro atoms. The lowest BCUT2D eigenvalue weighted by Gasteiger charge is -2.06. The Morgan fingerprint density at radius 3 is 2.23 bits per heavy atom. The highest BCUT2D eigenvalue weighted by Gasteiger charge is 2.26. The number of hydrogen-bond acceptors (Lipinski definition) is 4. The Balaban J connectivity index is 2.16. The Bertz CT molecular complexity index is 776. The van der Waals surface area contributed by atoms with Crippen molar-refractivity contribution in [2.24, 2.45) is 0 Å². The minimum absolute atomic E-state index is 0.328. The van der Waals surface area contributed by atoms with Crippen LogP contribution in [0, 0.1) is 13.8 Å². The van der Waals surface area contributed by atoms with Crippen molar-refractivity contribution in [1.82, 2.24) is 0 Å². The van der Waals surface area contributed by atoms with Crippen LogP contribution in [0.5, 0.6) is 0 Å². The first-order valence-electron chi connectivity index (χ1n) is 6.22. The number of nitrogens with one attached hydrogen (secondary N) is 1. The number of amides is 1. The number of alkyl halides is 2. The van der Waals surface area contributed by atoms with Crippen LogP contribution in [0.1, 0.15) is 20.1 Å². The molecule has 8 heteroatoms. The molecule has 0 radical (unpaired) electrons. The lowest BCUT2D eigenvalue weighted by Crippen LogP contribution is -2.12. The van der Waals surface area contributed by atoms with Crippen molar-refractivity contribution in [1.29, 1.82) is 0 Å². The second-order valence-corrected chi connectivity index (χ2v) is 7.81. The van der Waals surface area contributed by atoms with Crippen LogP contribution in [0.4, 0.5) is 14.5 Å². The third-order valence-corrected chi connectivity index (χ3v) is 5.61. The average Bonchev–Trinajstić information content (AvgIpc) is 2.79. The van der Waals surface area contributed by atoms with E-state index in [0.717, 1.165) is 22.6 Å². The predicted octanol–water partition coefficient (Wildman–Crippen LogP) is 3.61. The van der Waals surface area contributed by atoms with E-state index in [1.807, 2.05) is 13.8 Å². The van der Waals surface area contributed by atoms with Gasteiger partial charge in [0.25, 0.3) is 5.91 Å². The molecule has 2 rings (SSSR count). The Morgan fingerprint density at radius 2 is 1.77 bits per heavy atom. The standard InChI is InChI=1S/C14H13F2NO3S2/c1-8-7-12(21-9(8)2)13(18)17-10-3-5-11(6-4-10)22(19,20)14(15)16/h3-7,14H,1-2H3,(H,17,18). The number of hydrogen-bond donors (Lipinski definition) is 1. The van der Waals surface area contributed by atoms with E-state index in [1.165, 1.54) is 23.5 Å². The van der Waals surface area contributed by atoms with Gasteiger partial charge in [-0.25, -0.2) is 8.42 Å². The first kappa shape index (κ1) is 16.6. The van der Waals surface area contributed by atoms with Gasteiger partial charge in [-0.1, -0.05) is 0 Å². The molecule has 0 atom stereocenters. The summed E-state index contributed by atoms with van der Waals surface area (Å²) in [6, 6.07) is 6.40. The Hall–Kier alpha value is -1.80. The van der Waals surface area contributed by atoms with Crippen LogP contribution in [-0.4, -0.2) is 20.1 Å². The number of carbonyl (C=O) groups excluding carboxylic acids is 1. The van der Waals surface area contributed by atoms with Crippen LogP contribution in [0.15, 0.2) is 35.2 Å². The van der Waals surface area contributed by atoms with Crippen molar-refractivity contribution in [3.63, 3.8) is 0 Å². The highest BCUT2D eigenvalue weighted by molar-refractivity contribution is 7.91. The van der Waals surface area contributed by atoms with Gasteiger partial charge >= 0.3 is 5.76 Å². The number of carbonyl (C=O) groups is 1. The molecule has 0 aliphatic heterocycles. The zero-order valence-electron chi connectivity index (χ0n) is 11.8. The maximum absolute atomic E-state index is 12.4. The molecule has 118 valence electrons. The summed E-state index contributed by atoms with van der Waals surface area (Å²) in [7, 11) is -4.62. The van der Waals surface area contributed by atoms with Gasteiger partial charge in [0.15, 0.2) is 0 Å². The first-order valence-corrected chi connectivity index (χ1v) is 8.58. The molecule has 2 aromatic rings. The predicted molar refractivity (Wildman–Crippen MR) is 81.4 cm³/mol. The van der Waals surface area contributed by atoms with Gasteiger partial charge in [0.05, 0.1) is 9.77 Å². The largest absolute Gasteiger partial charge is 0.341 e. The monoisotopic (exact) mass is 345 g/mol. The fraction of sp³-hybridized carbons (Fsp3) is 0.214. The molecule has 0 aliphatic carbocycles. The molecule has 4 nitrogen and oxygen atoms in total. The van der Waals surface area contributed by atoms with E-state index in [2.05, 4.69) is 5.32 Å². The lowest BCUT2D eigenvalue weighted by molar-refractivity contribution is 0.103. The van der Waals surface area contributed by atoms with E-state index in [9.17, 15) is 22.0 Å². The van der Waals surface area contributed by atoms with Gasteiger partial charge in [-0.2, -0.15) is 8.78 Å². The summed E-state index contributed by atoms with van der Waals surface area (Å²) in [6.07, 6.45) is 0. The average molecular weight is 345 g/mol. The fourth-order valence-electron chi connectivity index (χ4n) is 1.71. The summed E-state index contributed by atoms with van der Waals surface area (Å²) in [6.45, 7) is 3.80. The molecular formula is C14H13F2NO3S2. The smallest absolute Gasteiger partial charge is 0.321 e. The van der Waals surface area contributed by atoms with Gasteiger partial charge in [0, 0.05) is 10.6 Å². The molecule has 1 aromatic heterocycles. The number of rotatable bonds is 4. The minimum Gasteiger partial charge on any atom is -0.321 e. The van der Waals surface area contributed by atoms with E-state index in [0.29, 0.717) is 10.6 Å². The summed E-state index contributed by atoms with van der Waals surface area (Å²) < 4.78 is 47.4. The lowest BCUT2D eigenvalue weighted by atomic mass is 10.2. The van der Waals surface area contributed by atoms with Crippen LogP contribution >= 0.6 is 11.3 Å². The zero-order valence-corrected chi connectivity index (χ0v) is 13.4. The van der Waals surface area contributed by atoms with Gasteiger partial charge in [-0.05, 0) is 49.7 Å². The van der Waals surface area contributed by atoms with Crippen molar-refractivity contribution >= 4 is 32.8 Å². The number of benzene rings is 1. The third-order valence-electron chi connectivity index (χ3n) is 3.07. The summed E-state index contributed by atoms with van der Waals surface area (Å²) >= 11 is 1.35. The Kier molecular flexibility index (Phi) is 4.62. The summed E-state index contributed by atoms with van der Waals surface area (Å²) in [4.78, 5) is 13.1. The van der Waals surface area contributed by atoms with E-state index < -0.39 is 20.5 Å². The number of aryl methyl sites for hydroxylation is 2. The van der Waals surface area contributed by atoms with Crippen molar-refractivity contribution in [2.75, 3.05) is 5.32 Å². The minimum atomic E-state index is -4.62. The molecule has 0 aliphatic rings. The summed E-state index contributed by atoms with van der Waals surface area (Å²) in [5, 5.41) is 2.60. The molecule has 0 fully saturated rings. The number of thiophene rings is 1. The van der Waals surface area contributed by atoms with Crippen molar-refractivity contribution in [3.05, 3.63) is 45.6 Å². The molecule has 1 aromatic carbocycles. The maximum atomic E-state index is 12.4. The van der Waals surface area contributed by atoms with Gasteiger partial charge in [0.1, 0.15) is 0 Å². The van der Waals surface area contributed by atoms with Gasteiger partial charge in [0.2, 0.25) is 9.84 Å². The number of anilines is 1. The van der Waals surface area contributed by atoms with Crippen LogP contribution in [0.3, 0.4) is 0 Å². The Morgan fingerprint density at radius 1 is 1.18 bits per heavy atom. The van der Waals surface area contributed by atoms with Gasteiger partial charge in [-0.15, -0.1) is 11.3 Å². The molecule has 0 saturated heterocycles. The highest BCUT2D eigenvalue weighted by atomic mass is 32.2. The van der Waals surface area contributed by atoms with E-state index >= 15 is 0 Å². The third kappa shape index (κ3) is 3.33. The Labute approximate surface area is 130 Å². The highest BCUT2D eigenvalue weighted by Crippen LogP contribution is 2.23. The molecule has 22 heavy (non-hydrogen) atoms. The number of halogens is 2. The SMILES string of the molecule is Cc1cc(C(=O)Nc2ccc(S(=O)(=O)C(F)F)cc2)sc1C. The molecule has 0 saturated carbocycles. The van der Waals surface area contributed by atoms with Crippen molar-refractivity contribution < 1.29 is 22.0 Å². The second-order valence-electron chi connectivity index (χ2n) is 4.63. The van der Waals surface area contributed by atoms with E-state index in [1.54, 1.807) is 6.07 Å². The topological polar surface area (TPSA) is 63.2 Å². The quantitative estimate of drug-likeness (QED) is 0.921. The normalized spacial score (nSPS) is 11.7.